The topological polar surface area (TPSA) is 29.1 Å². The number of para-hydroxylation sites is 1. The SMILES string of the molecule is O=C(CC(Nc1ccccc1)c1ccc(F)cc1)c1ccc(Cl)cc1. The average Bonchev–Trinajstić information content (AvgIpc) is 2.63. The number of hydrogen-bond acceptors (Lipinski definition) is 2. The first-order valence-electron chi connectivity index (χ1n) is 7.97. The molecule has 4 heteroatoms. The minimum Gasteiger partial charge on any atom is -0.378 e. The van der Waals surface area contributed by atoms with E-state index in [4.69, 9.17) is 11.6 Å². The molecule has 1 N–H and O–H groups in total. The molecule has 0 aliphatic carbocycles. The van der Waals surface area contributed by atoms with Crippen molar-refractivity contribution in [2.45, 2.75) is 12.5 Å². The van der Waals surface area contributed by atoms with Crippen LogP contribution in [0.5, 0.6) is 0 Å². The molecule has 0 aliphatic rings. The van der Waals surface area contributed by atoms with Crippen molar-refractivity contribution in [3.8, 4) is 0 Å². The lowest BCUT2D eigenvalue weighted by Crippen LogP contribution is -2.16. The third-order valence-corrected chi connectivity index (χ3v) is 4.19. The van der Waals surface area contributed by atoms with Crippen LogP contribution in [0.1, 0.15) is 28.4 Å². The van der Waals surface area contributed by atoms with Crippen LogP contribution in [0.4, 0.5) is 10.1 Å². The number of nitrogens with one attached hydrogen (secondary N) is 1. The van der Waals surface area contributed by atoms with Crippen molar-refractivity contribution < 1.29 is 9.18 Å². The van der Waals surface area contributed by atoms with Gasteiger partial charge in [0.15, 0.2) is 5.78 Å². The van der Waals surface area contributed by atoms with Gasteiger partial charge in [0.05, 0.1) is 6.04 Å². The van der Waals surface area contributed by atoms with Gasteiger partial charge in [0.25, 0.3) is 0 Å². The summed E-state index contributed by atoms with van der Waals surface area (Å²) in [6.45, 7) is 0. The minimum atomic E-state index is -0.300. The Morgan fingerprint density at radius 3 is 2.20 bits per heavy atom. The van der Waals surface area contributed by atoms with E-state index in [1.165, 1.54) is 12.1 Å². The van der Waals surface area contributed by atoms with E-state index >= 15 is 0 Å². The zero-order valence-electron chi connectivity index (χ0n) is 13.5. The Labute approximate surface area is 151 Å². The number of benzene rings is 3. The van der Waals surface area contributed by atoms with Crippen LogP contribution in [0, 0.1) is 5.82 Å². The fraction of sp³-hybridized carbons (Fsp3) is 0.0952. The van der Waals surface area contributed by atoms with Crippen molar-refractivity contribution in [3.05, 3.63) is 101 Å². The molecule has 0 amide bonds. The quantitative estimate of drug-likeness (QED) is 0.558. The minimum absolute atomic E-state index is 0.00516. The zero-order chi connectivity index (χ0) is 17.6. The Morgan fingerprint density at radius 2 is 1.56 bits per heavy atom. The standard InChI is InChI=1S/C21H17ClFNO/c22-17-10-6-16(7-11-17)21(25)14-20(15-8-12-18(23)13-9-15)24-19-4-2-1-3-5-19/h1-13,20,24H,14H2. The van der Waals surface area contributed by atoms with Crippen molar-refractivity contribution >= 4 is 23.1 Å². The molecule has 0 bridgehead atoms. The van der Waals surface area contributed by atoms with Gasteiger partial charge in [-0.2, -0.15) is 0 Å². The largest absolute Gasteiger partial charge is 0.378 e. The predicted octanol–water partition coefficient (Wildman–Crippen LogP) is 5.91. The second-order valence-electron chi connectivity index (χ2n) is 5.75. The Hall–Kier alpha value is -2.65. The second-order valence-corrected chi connectivity index (χ2v) is 6.19. The van der Waals surface area contributed by atoms with Gasteiger partial charge in [-0.3, -0.25) is 4.79 Å². The Kier molecular flexibility index (Phi) is 5.46. The maximum atomic E-state index is 13.2. The highest BCUT2D eigenvalue weighted by Gasteiger charge is 2.17. The molecule has 0 saturated heterocycles. The van der Waals surface area contributed by atoms with Gasteiger partial charge in [-0.15, -0.1) is 0 Å². The van der Waals surface area contributed by atoms with E-state index in [1.54, 1.807) is 36.4 Å². The molecule has 0 aliphatic heterocycles. The molecular formula is C21H17ClFNO. The number of Topliss-reactive ketones (excluding diaryl/α,β-unsaturated/α-hetero) is 1. The number of anilines is 1. The lowest BCUT2D eigenvalue weighted by atomic mass is 9.97. The van der Waals surface area contributed by atoms with Gasteiger partial charge in [0.1, 0.15) is 5.82 Å². The van der Waals surface area contributed by atoms with Crippen LogP contribution in [0.15, 0.2) is 78.9 Å². The number of ketones is 1. The third-order valence-electron chi connectivity index (χ3n) is 3.94. The van der Waals surface area contributed by atoms with Crippen molar-refractivity contribution in [1.82, 2.24) is 0 Å². The Balaban J connectivity index is 1.83. The monoisotopic (exact) mass is 353 g/mol. The molecule has 2 nitrogen and oxygen atoms in total. The Bertz CT molecular complexity index is 832. The van der Waals surface area contributed by atoms with E-state index < -0.39 is 0 Å². The van der Waals surface area contributed by atoms with Crippen molar-refractivity contribution in [1.29, 1.82) is 0 Å². The van der Waals surface area contributed by atoms with E-state index in [0.717, 1.165) is 11.3 Å². The molecule has 3 aromatic carbocycles. The number of hydrogen-bond donors (Lipinski definition) is 1. The van der Waals surface area contributed by atoms with Crippen LogP contribution in [0.3, 0.4) is 0 Å². The number of carbonyl (C=O) groups excluding carboxylic acids is 1. The summed E-state index contributed by atoms with van der Waals surface area (Å²) in [5, 5.41) is 3.95. The summed E-state index contributed by atoms with van der Waals surface area (Å²) in [5.74, 6) is -0.305. The van der Waals surface area contributed by atoms with Crippen LogP contribution < -0.4 is 5.32 Å². The van der Waals surface area contributed by atoms with Crippen molar-refractivity contribution in [2.24, 2.45) is 0 Å². The van der Waals surface area contributed by atoms with Crippen LogP contribution in [-0.2, 0) is 0 Å². The maximum absolute atomic E-state index is 13.2. The first-order chi connectivity index (χ1) is 12.1. The molecule has 25 heavy (non-hydrogen) atoms. The molecule has 126 valence electrons. The van der Waals surface area contributed by atoms with E-state index in [1.807, 2.05) is 30.3 Å². The third kappa shape index (κ3) is 4.68. The average molecular weight is 354 g/mol. The van der Waals surface area contributed by atoms with E-state index in [9.17, 15) is 9.18 Å². The van der Waals surface area contributed by atoms with Crippen molar-refractivity contribution in [3.63, 3.8) is 0 Å². The van der Waals surface area contributed by atoms with Crippen LogP contribution >= 0.6 is 11.6 Å². The summed E-state index contributed by atoms with van der Waals surface area (Å²) in [5.41, 5.74) is 2.36. The Morgan fingerprint density at radius 1 is 0.920 bits per heavy atom. The second kappa shape index (κ2) is 7.95. The van der Waals surface area contributed by atoms with Crippen LogP contribution in [-0.4, -0.2) is 5.78 Å². The molecule has 3 rings (SSSR count). The van der Waals surface area contributed by atoms with Crippen LogP contribution in [0.2, 0.25) is 5.02 Å². The fourth-order valence-electron chi connectivity index (χ4n) is 2.62. The molecule has 0 saturated carbocycles. The van der Waals surface area contributed by atoms with Gasteiger partial charge in [0, 0.05) is 22.7 Å². The van der Waals surface area contributed by atoms with Gasteiger partial charge >= 0.3 is 0 Å². The number of halogens is 2. The summed E-state index contributed by atoms with van der Waals surface area (Å²) in [7, 11) is 0. The summed E-state index contributed by atoms with van der Waals surface area (Å²) in [6, 6.07) is 22.4. The van der Waals surface area contributed by atoms with Gasteiger partial charge < -0.3 is 5.32 Å². The lowest BCUT2D eigenvalue weighted by Gasteiger charge is -2.20. The molecule has 1 unspecified atom stereocenters. The lowest BCUT2D eigenvalue weighted by molar-refractivity contribution is 0.0976. The van der Waals surface area contributed by atoms with E-state index in [0.29, 0.717) is 10.6 Å². The predicted molar refractivity (Wildman–Crippen MR) is 99.6 cm³/mol. The molecular weight excluding hydrogens is 337 g/mol. The molecule has 0 heterocycles. The van der Waals surface area contributed by atoms with Gasteiger partial charge in [-0.1, -0.05) is 41.9 Å². The summed E-state index contributed by atoms with van der Waals surface area (Å²) >= 11 is 5.88. The summed E-state index contributed by atoms with van der Waals surface area (Å²) in [6.07, 6.45) is 0.252. The first kappa shape index (κ1) is 17.2. The maximum Gasteiger partial charge on any atom is 0.165 e. The molecule has 3 aromatic rings. The highest BCUT2D eigenvalue weighted by atomic mass is 35.5. The molecule has 0 spiro atoms. The molecule has 1 atom stereocenters. The smallest absolute Gasteiger partial charge is 0.165 e. The normalized spacial score (nSPS) is 11.8. The number of rotatable bonds is 6. The molecule has 0 radical (unpaired) electrons. The van der Waals surface area contributed by atoms with Crippen LogP contribution in [0.25, 0.3) is 0 Å². The molecule has 0 aromatic heterocycles. The van der Waals surface area contributed by atoms with E-state index in [2.05, 4.69) is 5.32 Å². The highest BCUT2D eigenvalue weighted by molar-refractivity contribution is 6.30. The fourth-order valence-corrected chi connectivity index (χ4v) is 2.75. The molecule has 0 fully saturated rings. The summed E-state index contributed by atoms with van der Waals surface area (Å²) < 4.78 is 13.2. The van der Waals surface area contributed by atoms with Gasteiger partial charge in [0.2, 0.25) is 0 Å². The van der Waals surface area contributed by atoms with Gasteiger partial charge in [-0.25, -0.2) is 4.39 Å². The first-order valence-corrected chi connectivity index (χ1v) is 8.35. The van der Waals surface area contributed by atoms with Gasteiger partial charge in [-0.05, 0) is 54.1 Å². The number of carbonyl (C=O) groups is 1. The summed E-state index contributed by atoms with van der Waals surface area (Å²) in [4.78, 5) is 12.6. The zero-order valence-corrected chi connectivity index (χ0v) is 14.2. The highest BCUT2D eigenvalue weighted by Crippen LogP contribution is 2.25. The van der Waals surface area contributed by atoms with Crippen molar-refractivity contribution in [2.75, 3.05) is 5.32 Å². The van der Waals surface area contributed by atoms with E-state index in [-0.39, 0.29) is 24.1 Å².